The lowest BCUT2D eigenvalue weighted by Gasteiger charge is -2.00. The van der Waals surface area contributed by atoms with Crippen LogP contribution in [0.3, 0.4) is 0 Å². The molecule has 1 rings (SSSR count). The van der Waals surface area contributed by atoms with Crippen molar-refractivity contribution in [2.75, 3.05) is 13.2 Å². The first-order valence-corrected chi connectivity index (χ1v) is 6.83. The highest BCUT2D eigenvalue weighted by Gasteiger charge is 2.20. The zero-order valence-corrected chi connectivity index (χ0v) is 12.1. The number of hydrogen-bond donors (Lipinski definition) is 1. The Hall–Kier alpha value is -1.62. The van der Waals surface area contributed by atoms with Gasteiger partial charge in [0.1, 0.15) is 0 Å². The lowest BCUT2D eigenvalue weighted by molar-refractivity contribution is -0.138. The number of rotatable bonds is 9. The van der Waals surface area contributed by atoms with Gasteiger partial charge < -0.3 is 14.6 Å². The summed E-state index contributed by atoms with van der Waals surface area (Å²) in [6.45, 7) is 9.80. The number of carbonyl (C=O) groups excluding carboxylic acids is 1. The zero-order valence-electron chi connectivity index (χ0n) is 12.1. The summed E-state index contributed by atoms with van der Waals surface area (Å²) in [4.78, 5) is 20.4. The van der Waals surface area contributed by atoms with E-state index in [1.54, 1.807) is 6.92 Å². The molecular formula is C15H24O5. The number of hydrogen-bond acceptors (Lipinski definition) is 4. The fraction of sp³-hybridized carbons (Fsp3) is 0.600. The third-order valence-electron chi connectivity index (χ3n) is 2.71. The molecule has 0 bridgehead atoms. The van der Waals surface area contributed by atoms with Crippen LogP contribution in [0.15, 0.2) is 24.8 Å². The van der Waals surface area contributed by atoms with Crippen molar-refractivity contribution in [2.45, 2.75) is 45.1 Å². The molecule has 0 amide bonds. The number of epoxide rings is 1. The van der Waals surface area contributed by atoms with Gasteiger partial charge in [0.15, 0.2) is 0 Å². The molecule has 0 aromatic rings. The number of aliphatic carboxylic acids is 1. The van der Waals surface area contributed by atoms with E-state index in [1.807, 2.05) is 0 Å². The van der Waals surface area contributed by atoms with Crippen molar-refractivity contribution in [2.24, 2.45) is 0 Å². The first-order valence-electron chi connectivity index (χ1n) is 6.83. The predicted molar refractivity (Wildman–Crippen MR) is 76.4 cm³/mol. The van der Waals surface area contributed by atoms with Gasteiger partial charge in [-0.15, -0.1) is 0 Å². The molecule has 20 heavy (non-hydrogen) atoms. The quantitative estimate of drug-likeness (QED) is 0.305. The molecule has 1 fully saturated rings. The Morgan fingerprint density at radius 3 is 2.45 bits per heavy atom. The average molecular weight is 284 g/mol. The third-order valence-corrected chi connectivity index (χ3v) is 2.71. The van der Waals surface area contributed by atoms with Gasteiger partial charge in [0.05, 0.1) is 19.3 Å². The predicted octanol–water partition coefficient (Wildman–Crippen LogP) is 2.71. The van der Waals surface area contributed by atoms with Crippen LogP contribution in [0.4, 0.5) is 0 Å². The highest BCUT2D eigenvalue weighted by atomic mass is 16.6. The Balaban J connectivity index is 0.000000441. The number of unbranched alkanes of at least 4 members (excludes halogenated alkanes) is 2. The maximum absolute atomic E-state index is 10.6. The second kappa shape index (κ2) is 11.2. The van der Waals surface area contributed by atoms with Gasteiger partial charge in [-0.25, -0.2) is 9.59 Å². The SMILES string of the molecule is C=C(CC)C(=O)O.C=CC(=O)OCCCCCC1CO1. The van der Waals surface area contributed by atoms with E-state index >= 15 is 0 Å². The second-order valence-corrected chi connectivity index (χ2v) is 4.44. The van der Waals surface area contributed by atoms with Gasteiger partial charge in [-0.1, -0.05) is 26.5 Å². The van der Waals surface area contributed by atoms with Crippen molar-refractivity contribution in [3.05, 3.63) is 24.8 Å². The molecular weight excluding hydrogens is 260 g/mol. The van der Waals surface area contributed by atoms with E-state index in [4.69, 9.17) is 14.6 Å². The molecule has 0 spiro atoms. The van der Waals surface area contributed by atoms with Crippen LogP contribution in [0.2, 0.25) is 0 Å². The van der Waals surface area contributed by atoms with Crippen molar-refractivity contribution in [3.63, 3.8) is 0 Å². The molecule has 0 radical (unpaired) electrons. The van der Waals surface area contributed by atoms with Crippen LogP contribution in [0, 0.1) is 0 Å². The smallest absolute Gasteiger partial charge is 0.330 e. The van der Waals surface area contributed by atoms with Crippen LogP contribution in [0.1, 0.15) is 39.0 Å². The van der Waals surface area contributed by atoms with E-state index in [9.17, 15) is 9.59 Å². The summed E-state index contributed by atoms with van der Waals surface area (Å²) in [7, 11) is 0. The summed E-state index contributed by atoms with van der Waals surface area (Å²) >= 11 is 0. The van der Waals surface area contributed by atoms with Gasteiger partial charge in [-0.2, -0.15) is 0 Å². The van der Waals surface area contributed by atoms with Crippen LogP contribution in [-0.4, -0.2) is 36.4 Å². The fourth-order valence-electron chi connectivity index (χ4n) is 1.27. The van der Waals surface area contributed by atoms with Gasteiger partial charge in [0.2, 0.25) is 0 Å². The summed E-state index contributed by atoms with van der Waals surface area (Å²) < 4.78 is 9.90. The van der Waals surface area contributed by atoms with Crippen molar-refractivity contribution in [3.8, 4) is 0 Å². The topological polar surface area (TPSA) is 76.1 Å². The minimum atomic E-state index is -0.900. The largest absolute Gasteiger partial charge is 0.478 e. The lowest BCUT2D eigenvalue weighted by atomic mass is 10.2. The molecule has 0 aromatic heterocycles. The van der Waals surface area contributed by atoms with E-state index in [0.29, 0.717) is 19.1 Å². The van der Waals surface area contributed by atoms with Crippen molar-refractivity contribution < 1.29 is 24.2 Å². The summed E-state index contributed by atoms with van der Waals surface area (Å²) in [5.74, 6) is -1.23. The van der Waals surface area contributed by atoms with Crippen LogP contribution in [-0.2, 0) is 19.1 Å². The van der Waals surface area contributed by atoms with Crippen LogP contribution in [0.25, 0.3) is 0 Å². The summed E-state index contributed by atoms with van der Waals surface area (Å²) in [5, 5.41) is 8.08. The molecule has 0 saturated carbocycles. The normalized spacial score (nSPS) is 15.6. The van der Waals surface area contributed by atoms with Crippen molar-refractivity contribution in [1.82, 2.24) is 0 Å². The maximum Gasteiger partial charge on any atom is 0.330 e. The molecule has 5 heteroatoms. The van der Waals surface area contributed by atoms with E-state index in [1.165, 1.54) is 6.08 Å². The van der Waals surface area contributed by atoms with Crippen molar-refractivity contribution in [1.29, 1.82) is 0 Å². The summed E-state index contributed by atoms with van der Waals surface area (Å²) in [6.07, 6.45) is 6.59. The molecule has 5 nitrogen and oxygen atoms in total. The Labute approximate surface area is 120 Å². The summed E-state index contributed by atoms with van der Waals surface area (Å²) in [6, 6.07) is 0. The molecule has 1 aliphatic heterocycles. The van der Waals surface area contributed by atoms with E-state index in [-0.39, 0.29) is 11.5 Å². The first kappa shape index (κ1) is 18.4. The molecule has 0 aliphatic carbocycles. The molecule has 0 aromatic carbocycles. The molecule has 1 aliphatic rings. The van der Waals surface area contributed by atoms with Crippen LogP contribution >= 0.6 is 0 Å². The molecule has 1 N–H and O–H groups in total. The highest BCUT2D eigenvalue weighted by molar-refractivity contribution is 5.85. The van der Waals surface area contributed by atoms with Gasteiger partial charge in [0.25, 0.3) is 0 Å². The van der Waals surface area contributed by atoms with E-state index < -0.39 is 5.97 Å². The minimum absolute atomic E-state index is 0.264. The van der Waals surface area contributed by atoms with Gasteiger partial charge in [0, 0.05) is 11.6 Å². The molecule has 1 heterocycles. The van der Waals surface area contributed by atoms with E-state index in [0.717, 1.165) is 32.3 Å². The molecule has 1 unspecified atom stereocenters. The Morgan fingerprint density at radius 1 is 1.40 bits per heavy atom. The van der Waals surface area contributed by atoms with Gasteiger partial charge >= 0.3 is 11.9 Å². The molecule has 114 valence electrons. The van der Waals surface area contributed by atoms with Gasteiger partial charge in [-0.3, -0.25) is 0 Å². The van der Waals surface area contributed by atoms with Crippen LogP contribution in [0.5, 0.6) is 0 Å². The number of carbonyl (C=O) groups is 2. The standard InChI is InChI=1S/C10H16O3.C5H8O2/c1-2-10(11)12-7-5-3-4-6-9-8-13-9;1-3-4(2)5(6)7/h2,9H,1,3-8H2;2-3H2,1H3,(H,6,7). The average Bonchev–Trinajstić information content (AvgIpc) is 3.26. The molecule has 1 atom stereocenters. The number of ether oxygens (including phenoxy) is 2. The Morgan fingerprint density at radius 2 is 2.05 bits per heavy atom. The monoisotopic (exact) mass is 284 g/mol. The fourth-order valence-corrected chi connectivity index (χ4v) is 1.27. The zero-order chi connectivity index (χ0) is 15.4. The van der Waals surface area contributed by atoms with Gasteiger partial charge in [-0.05, 0) is 25.7 Å². The minimum Gasteiger partial charge on any atom is -0.478 e. The van der Waals surface area contributed by atoms with Crippen LogP contribution < -0.4 is 0 Å². The first-order chi connectivity index (χ1) is 9.51. The highest BCUT2D eigenvalue weighted by Crippen LogP contribution is 2.16. The number of carboxylic acids is 1. The van der Waals surface area contributed by atoms with E-state index in [2.05, 4.69) is 13.2 Å². The molecule has 1 saturated heterocycles. The summed E-state index contributed by atoms with van der Waals surface area (Å²) in [5.41, 5.74) is 0.264. The number of carboxylic acid groups (broad SMARTS) is 1. The lowest BCUT2D eigenvalue weighted by Crippen LogP contribution is -2.01. The Bertz CT molecular complexity index is 331. The second-order valence-electron chi connectivity index (χ2n) is 4.44. The Kier molecular flexibility index (Phi) is 10.3. The van der Waals surface area contributed by atoms with Crippen molar-refractivity contribution >= 4 is 11.9 Å². The third kappa shape index (κ3) is 11.5. The number of esters is 1. The maximum atomic E-state index is 10.6.